The highest BCUT2D eigenvalue weighted by Gasteiger charge is 2.40. The summed E-state index contributed by atoms with van der Waals surface area (Å²) in [6, 6.07) is 7.38. The van der Waals surface area contributed by atoms with Gasteiger partial charge in [0.2, 0.25) is 11.8 Å². The van der Waals surface area contributed by atoms with Crippen molar-refractivity contribution in [2.24, 2.45) is 0 Å². The van der Waals surface area contributed by atoms with Crippen LogP contribution in [0.25, 0.3) is 0 Å². The molecule has 0 radical (unpaired) electrons. The van der Waals surface area contributed by atoms with Crippen LogP contribution in [0.2, 0.25) is 0 Å². The highest BCUT2D eigenvalue weighted by atomic mass is 16.7. The average Bonchev–Trinajstić information content (AvgIpc) is 2.97. The Hall–Kier alpha value is -1.92. The summed E-state index contributed by atoms with van der Waals surface area (Å²) in [6.07, 6.45) is 1.84. The number of hydrogen-bond acceptors (Lipinski definition) is 4. The number of hydrogen-bond donors (Lipinski definition) is 1. The van der Waals surface area contributed by atoms with E-state index in [2.05, 4.69) is 5.32 Å². The zero-order valence-electron chi connectivity index (χ0n) is 13.3. The third kappa shape index (κ3) is 3.89. The summed E-state index contributed by atoms with van der Waals surface area (Å²) in [5.74, 6) is -0.436. The molecule has 6 nitrogen and oxygen atoms in total. The number of nitrogens with zero attached hydrogens (tertiary/aromatic N) is 1. The molecule has 0 saturated carbocycles. The zero-order valence-corrected chi connectivity index (χ0v) is 13.3. The van der Waals surface area contributed by atoms with Gasteiger partial charge in [0, 0.05) is 38.5 Å². The van der Waals surface area contributed by atoms with Crippen molar-refractivity contribution < 1.29 is 19.1 Å². The Morgan fingerprint density at radius 3 is 2.30 bits per heavy atom. The number of likely N-dealkylation sites (tertiary alicyclic amines) is 1. The lowest BCUT2D eigenvalue weighted by Gasteiger charge is -2.37. The second-order valence-electron chi connectivity index (χ2n) is 6.04. The van der Waals surface area contributed by atoms with Crippen LogP contribution in [0, 0.1) is 0 Å². The largest absolute Gasteiger partial charge is 0.347 e. The zero-order chi connectivity index (χ0) is 16.3. The van der Waals surface area contributed by atoms with Gasteiger partial charge >= 0.3 is 0 Å². The van der Waals surface area contributed by atoms with Crippen LogP contribution in [-0.4, -0.2) is 48.8 Å². The van der Waals surface area contributed by atoms with Crippen LogP contribution < -0.4 is 5.32 Å². The maximum atomic E-state index is 12.4. The third-order valence-corrected chi connectivity index (χ3v) is 4.32. The smallest absolute Gasteiger partial charge is 0.226 e. The standard InChI is InChI=1S/C17H22N2O4/c1-13(20)18-15-4-2-14(3-5-15)12-16(21)19-8-6-17(7-9-19)22-10-11-23-17/h2-5H,6-12H2,1H3,(H,18,20). The average molecular weight is 318 g/mol. The molecule has 6 heteroatoms. The van der Waals surface area contributed by atoms with Crippen molar-refractivity contribution in [2.75, 3.05) is 31.6 Å². The van der Waals surface area contributed by atoms with E-state index in [0.29, 0.717) is 32.7 Å². The van der Waals surface area contributed by atoms with Gasteiger partial charge in [-0.1, -0.05) is 12.1 Å². The fourth-order valence-electron chi connectivity index (χ4n) is 3.08. The number of benzene rings is 1. The summed E-state index contributed by atoms with van der Waals surface area (Å²) >= 11 is 0. The molecule has 2 aliphatic heterocycles. The molecule has 1 aromatic rings. The van der Waals surface area contributed by atoms with Crippen LogP contribution in [0.3, 0.4) is 0 Å². The van der Waals surface area contributed by atoms with E-state index in [0.717, 1.165) is 24.1 Å². The van der Waals surface area contributed by atoms with Crippen LogP contribution in [-0.2, 0) is 25.5 Å². The van der Waals surface area contributed by atoms with Gasteiger partial charge < -0.3 is 19.7 Å². The minimum absolute atomic E-state index is 0.104. The van der Waals surface area contributed by atoms with Gasteiger partial charge in [0.05, 0.1) is 19.6 Å². The molecule has 2 amide bonds. The fraction of sp³-hybridized carbons (Fsp3) is 0.529. The molecule has 2 aliphatic rings. The van der Waals surface area contributed by atoms with Crippen molar-refractivity contribution in [3.63, 3.8) is 0 Å². The molecule has 2 heterocycles. The Balaban J connectivity index is 1.52. The summed E-state index contributed by atoms with van der Waals surface area (Å²) < 4.78 is 11.4. The molecular weight excluding hydrogens is 296 g/mol. The number of piperidine rings is 1. The number of amides is 2. The topological polar surface area (TPSA) is 67.9 Å². The predicted molar refractivity (Wildman–Crippen MR) is 84.9 cm³/mol. The predicted octanol–water partition coefficient (Wildman–Crippen LogP) is 1.55. The molecule has 124 valence electrons. The Morgan fingerprint density at radius 1 is 1.13 bits per heavy atom. The van der Waals surface area contributed by atoms with E-state index in [1.807, 2.05) is 29.2 Å². The SMILES string of the molecule is CC(=O)Nc1ccc(CC(=O)N2CCC3(CC2)OCCO3)cc1. The molecule has 0 aromatic heterocycles. The van der Waals surface area contributed by atoms with Crippen LogP contribution in [0.15, 0.2) is 24.3 Å². The quantitative estimate of drug-likeness (QED) is 0.918. The Bertz CT molecular complexity index is 569. The van der Waals surface area contributed by atoms with E-state index in [4.69, 9.17) is 9.47 Å². The first kappa shape index (κ1) is 16.0. The van der Waals surface area contributed by atoms with Gasteiger partial charge in [-0.2, -0.15) is 0 Å². The summed E-state index contributed by atoms with van der Waals surface area (Å²) in [5.41, 5.74) is 1.68. The van der Waals surface area contributed by atoms with Crippen molar-refractivity contribution in [1.29, 1.82) is 0 Å². The first-order chi connectivity index (χ1) is 11.1. The Morgan fingerprint density at radius 2 is 1.74 bits per heavy atom. The van der Waals surface area contributed by atoms with Crippen molar-refractivity contribution in [2.45, 2.75) is 32.0 Å². The first-order valence-corrected chi connectivity index (χ1v) is 7.99. The van der Waals surface area contributed by atoms with Gasteiger partial charge in [-0.25, -0.2) is 0 Å². The molecule has 0 atom stereocenters. The van der Waals surface area contributed by atoms with Gasteiger partial charge in [-0.05, 0) is 17.7 Å². The van der Waals surface area contributed by atoms with E-state index in [1.54, 1.807) is 0 Å². The number of carbonyl (C=O) groups excluding carboxylic acids is 2. The molecule has 0 aliphatic carbocycles. The van der Waals surface area contributed by atoms with Gasteiger partial charge in [-0.15, -0.1) is 0 Å². The van der Waals surface area contributed by atoms with Gasteiger partial charge in [-0.3, -0.25) is 9.59 Å². The summed E-state index contributed by atoms with van der Waals surface area (Å²) in [6.45, 7) is 4.10. The second kappa shape index (κ2) is 6.68. The third-order valence-electron chi connectivity index (χ3n) is 4.32. The number of anilines is 1. The fourth-order valence-corrected chi connectivity index (χ4v) is 3.08. The lowest BCUT2D eigenvalue weighted by molar-refractivity contribution is -0.187. The molecule has 1 spiro atoms. The highest BCUT2D eigenvalue weighted by molar-refractivity contribution is 5.88. The summed E-state index contributed by atoms with van der Waals surface area (Å²) in [4.78, 5) is 25.3. The molecule has 0 unspecified atom stereocenters. The molecule has 1 aromatic carbocycles. The minimum atomic E-state index is -0.448. The van der Waals surface area contributed by atoms with E-state index in [9.17, 15) is 9.59 Å². The Labute approximate surface area is 135 Å². The van der Waals surface area contributed by atoms with Crippen LogP contribution in [0.5, 0.6) is 0 Å². The number of carbonyl (C=O) groups is 2. The number of nitrogens with one attached hydrogen (secondary N) is 1. The van der Waals surface area contributed by atoms with Crippen LogP contribution >= 0.6 is 0 Å². The van der Waals surface area contributed by atoms with Gasteiger partial charge in [0.15, 0.2) is 5.79 Å². The number of ether oxygens (including phenoxy) is 2. The molecule has 1 N–H and O–H groups in total. The minimum Gasteiger partial charge on any atom is -0.347 e. The first-order valence-electron chi connectivity index (χ1n) is 7.99. The van der Waals surface area contributed by atoms with E-state index < -0.39 is 5.79 Å². The van der Waals surface area contributed by atoms with E-state index in [1.165, 1.54) is 6.92 Å². The maximum Gasteiger partial charge on any atom is 0.226 e. The Kier molecular flexibility index (Phi) is 4.63. The molecular formula is C17H22N2O4. The highest BCUT2D eigenvalue weighted by Crippen LogP contribution is 2.31. The van der Waals surface area contributed by atoms with Crippen LogP contribution in [0.4, 0.5) is 5.69 Å². The van der Waals surface area contributed by atoms with Crippen molar-refractivity contribution in [3.05, 3.63) is 29.8 Å². The van der Waals surface area contributed by atoms with Gasteiger partial charge in [0.1, 0.15) is 0 Å². The monoisotopic (exact) mass is 318 g/mol. The molecule has 2 fully saturated rings. The summed E-state index contributed by atoms with van der Waals surface area (Å²) in [5, 5.41) is 2.71. The molecule has 2 saturated heterocycles. The molecule has 23 heavy (non-hydrogen) atoms. The maximum absolute atomic E-state index is 12.4. The second-order valence-corrected chi connectivity index (χ2v) is 6.04. The van der Waals surface area contributed by atoms with Crippen LogP contribution in [0.1, 0.15) is 25.3 Å². The lowest BCUT2D eigenvalue weighted by atomic mass is 10.0. The van der Waals surface area contributed by atoms with Gasteiger partial charge in [0.25, 0.3) is 0 Å². The summed E-state index contributed by atoms with van der Waals surface area (Å²) in [7, 11) is 0. The van der Waals surface area contributed by atoms with Crippen molar-refractivity contribution >= 4 is 17.5 Å². The molecule has 0 bridgehead atoms. The number of rotatable bonds is 3. The lowest BCUT2D eigenvalue weighted by Crippen LogP contribution is -2.47. The van der Waals surface area contributed by atoms with Crippen molar-refractivity contribution in [3.8, 4) is 0 Å². The van der Waals surface area contributed by atoms with E-state index in [-0.39, 0.29) is 11.8 Å². The van der Waals surface area contributed by atoms with E-state index >= 15 is 0 Å². The molecule has 3 rings (SSSR count). The van der Waals surface area contributed by atoms with Crippen molar-refractivity contribution in [1.82, 2.24) is 4.90 Å². The normalized spacial score (nSPS) is 19.8.